The minimum absolute atomic E-state index is 0.00964. The highest BCUT2D eigenvalue weighted by molar-refractivity contribution is 7.90. The van der Waals surface area contributed by atoms with Gasteiger partial charge in [0.15, 0.2) is 0 Å². The molecule has 7 heteroatoms. The van der Waals surface area contributed by atoms with Crippen molar-refractivity contribution in [3.63, 3.8) is 0 Å². The van der Waals surface area contributed by atoms with E-state index in [1.807, 2.05) is 13.8 Å². The SMILES string of the molecule is CCCCc1c(F)n(S(=O)(=O)c2ccc(C)cc2)c2ccc(C(=O)OCC)cc12. The van der Waals surface area contributed by atoms with Crippen molar-refractivity contribution >= 4 is 26.9 Å². The molecule has 0 aliphatic carbocycles. The first-order valence-corrected chi connectivity index (χ1v) is 11.1. The molecule has 0 atom stereocenters. The van der Waals surface area contributed by atoms with Crippen LogP contribution in [0.3, 0.4) is 0 Å². The monoisotopic (exact) mass is 417 g/mol. The number of aryl methyl sites for hydroxylation is 2. The van der Waals surface area contributed by atoms with Crippen LogP contribution in [0.5, 0.6) is 0 Å². The molecule has 0 unspecified atom stereocenters. The van der Waals surface area contributed by atoms with Gasteiger partial charge in [0.05, 0.1) is 22.6 Å². The molecule has 3 aromatic rings. The average Bonchev–Trinajstić information content (AvgIpc) is 2.98. The van der Waals surface area contributed by atoms with Crippen molar-refractivity contribution in [2.24, 2.45) is 0 Å². The van der Waals surface area contributed by atoms with Gasteiger partial charge in [-0.2, -0.15) is 4.39 Å². The third-order valence-electron chi connectivity index (χ3n) is 4.82. The van der Waals surface area contributed by atoms with E-state index in [1.54, 1.807) is 19.1 Å². The van der Waals surface area contributed by atoms with Gasteiger partial charge >= 0.3 is 5.97 Å². The molecule has 0 fully saturated rings. The van der Waals surface area contributed by atoms with E-state index in [-0.39, 0.29) is 22.6 Å². The topological polar surface area (TPSA) is 65.4 Å². The summed E-state index contributed by atoms with van der Waals surface area (Å²) in [5.74, 6) is -1.33. The summed E-state index contributed by atoms with van der Waals surface area (Å²) in [7, 11) is -4.14. The van der Waals surface area contributed by atoms with Gasteiger partial charge in [-0.25, -0.2) is 17.2 Å². The maximum absolute atomic E-state index is 15.4. The molecular formula is C22H24FNO4S. The molecule has 29 heavy (non-hydrogen) atoms. The number of hydrogen-bond donors (Lipinski definition) is 0. The maximum atomic E-state index is 15.4. The second-order valence-electron chi connectivity index (χ2n) is 6.91. The molecule has 0 spiro atoms. The molecule has 0 radical (unpaired) electrons. The predicted molar refractivity (Wildman–Crippen MR) is 110 cm³/mol. The third-order valence-corrected chi connectivity index (χ3v) is 6.52. The van der Waals surface area contributed by atoms with Crippen LogP contribution in [0.25, 0.3) is 10.9 Å². The number of esters is 1. The van der Waals surface area contributed by atoms with Crippen molar-refractivity contribution in [3.8, 4) is 0 Å². The second-order valence-corrected chi connectivity index (χ2v) is 8.69. The number of benzene rings is 2. The summed E-state index contributed by atoms with van der Waals surface area (Å²) in [6.45, 7) is 5.75. The number of carbonyl (C=O) groups excluding carboxylic acids is 1. The number of fused-ring (bicyclic) bond motifs is 1. The zero-order valence-corrected chi connectivity index (χ0v) is 17.6. The maximum Gasteiger partial charge on any atom is 0.338 e. The van der Waals surface area contributed by atoms with Gasteiger partial charge in [-0.05, 0) is 57.0 Å². The Morgan fingerprint density at radius 1 is 1.10 bits per heavy atom. The van der Waals surface area contributed by atoms with E-state index in [0.717, 1.165) is 16.0 Å². The van der Waals surface area contributed by atoms with Crippen molar-refractivity contribution in [2.75, 3.05) is 6.61 Å². The molecule has 154 valence electrons. The molecular weight excluding hydrogens is 393 g/mol. The minimum Gasteiger partial charge on any atom is -0.462 e. The highest BCUT2D eigenvalue weighted by Gasteiger charge is 2.27. The highest BCUT2D eigenvalue weighted by atomic mass is 32.2. The normalized spacial score (nSPS) is 11.7. The fourth-order valence-electron chi connectivity index (χ4n) is 3.28. The van der Waals surface area contributed by atoms with Crippen molar-refractivity contribution in [1.29, 1.82) is 0 Å². The highest BCUT2D eigenvalue weighted by Crippen LogP contribution is 2.31. The molecule has 0 N–H and O–H groups in total. The van der Waals surface area contributed by atoms with E-state index < -0.39 is 21.9 Å². The van der Waals surface area contributed by atoms with Gasteiger partial charge in [0.25, 0.3) is 10.0 Å². The van der Waals surface area contributed by atoms with E-state index in [0.29, 0.717) is 23.8 Å². The Hall–Kier alpha value is -2.67. The lowest BCUT2D eigenvalue weighted by Crippen LogP contribution is -2.15. The van der Waals surface area contributed by atoms with Crippen LogP contribution in [0.15, 0.2) is 47.4 Å². The lowest BCUT2D eigenvalue weighted by atomic mass is 10.0. The van der Waals surface area contributed by atoms with Gasteiger partial charge in [-0.1, -0.05) is 31.0 Å². The largest absolute Gasteiger partial charge is 0.462 e. The van der Waals surface area contributed by atoms with Gasteiger partial charge in [-0.15, -0.1) is 0 Å². The van der Waals surface area contributed by atoms with E-state index in [2.05, 4.69) is 0 Å². The van der Waals surface area contributed by atoms with E-state index in [4.69, 9.17) is 4.74 Å². The molecule has 1 aromatic heterocycles. The second kappa shape index (κ2) is 8.37. The van der Waals surface area contributed by atoms with Crippen molar-refractivity contribution in [1.82, 2.24) is 3.97 Å². The van der Waals surface area contributed by atoms with Crippen molar-refractivity contribution in [2.45, 2.75) is 44.9 Å². The van der Waals surface area contributed by atoms with Crippen LogP contribution in [0.2, 0.25) is 0 Å². The standard InChI is InChI=1S/C22H24FNO4S/c1-4-6-7-18-19-14-16(22(25)28-5-2)10-13-20(19)24(21(18)23)29(26,27)17-11-8-15(3)9-12-17/h8-14H,4-7H2,1-3H3. The van der Waals surface area contributed by atoms with Crippen molar-refractivity contribution < 1.29 is 22.3 Å². The van der Waals surface area contributed by atoms with Crippen LogP contribution in [0, 0.1) is 12.9 Å². The number of rotatable bonds is 7. The average molecular weight is 418 g/mol. The van der Waals surface area contributed by atoms with Gasteiger partial charge in [-0.3, -0.25) is 0 Å². The number of halogens is 1. The summed E-state index contributed by atoms with van der Waals surface area (Å²) in [5, 5.41) is 0.414. The molecule has 0 aliphatic heterocycles. The summed E-state index contributed by atoms with van der Waals surface area (Å²) in [6.07, 6.45) is 1.90. The summed E-state index contributed by atoms with van der Waals surface area (Å²) >= 11 is 0. The smallest absolute Gasteiger partial charge is 0.338 e. The number of nitrogens with zero attached hydrogens (tertiary/aromatic N) is 1. The zero-order chi connectivity index (χ0) is 21.2. The minimum atomic E-state index is -4.14. The Balaban J connectivity index is 2.25. The molecule has 3 rings (SSSR count). The van der Waals surface area contributed by atoms with Crippen LogP contribution in [0.4, 0.5) is 4.39 Å². The first kappa shape index (κ1) is 21.0. The third kappa shape index (κ3) is 3.92. The van der Waals surface area contributed by atoms with Gasteiger partial charge in [0, 0.05) is 10.9 Å². The predicted octanol–water partition coefficient (Wildman–Crippen LogP) is 4.85. The first-order chi connectivity index (χ1) is 13.8. The number of carbonyl (C=O) groups is 1. The molecule has 0 amide bonds. The van der Waals surface area contributed by atoms with Gasteiger partial charge in [0.2, 0.25) is 5.95 Å². The molecule has 0 aliphatic rings. The number of hydrogen-bond acceptors (Lipinski definition) is 4. The Morgan fingerprint density at radius 3 is 2.41 bits per heavy atom. The molecule has 5 nitrogen and oxygen atoms in total. The molecule has 2 aromatic carbocycles. The Labute approximate surface area is 170 Å². The number of ether oxygens (including phenoxy) is 1. The number of aromatic nitrogens is 1. The molecule has 0 saturated carbocycles. The van der Waals surface area contributed by atoms with E-state index in [9.17, 15) is 13.2 Å². The van der Waals surface area contributed by atoms with Crippen LogP contribution < -0.4 is 0 Å². The molecule has 1 heterocycles. The fraction of sp³-hybridized carbons (Fsp3) is 0.318. The summed E-state index contributed by atoms with van der Waals surface area (Å²) in [4.78, 5) is 12.1. The molecule has 0 bridgehead atoms. The summed E-state index contributed by atoms with van der Waals surface area (Å²) in [6, 6.07) is 10.7. The zero-order valence-electron chi connectivity index (χ0n) is 16.7. The first-order valence-electron chi connectivity index (χ1n) is 9.63. The van der Waals surface area contributed by atoms with E-state index >= 15 is 4.39 Å². The fourth-order valence-corrected chi connectivity index (χ4v) is 4.71. The Kier molecular flexibility index (Phi) is 6.07. The lowest BCUT2D eigenvalue weighted by Gasteiger charge is -2.09. The van der Waals surface area contributed by atoms with Crippen LogP contribution in [-0.4, -0.2) is 25.0 Å². The van der Waals surface area contributed by atoms with Crippen LogP contribution >= 0.6 is 0 Å². The van der Waals surface area contributed by atoms with Crippen LogP contribution in [-0.2, 0) is 21.2 Å². The quantitative estimate of drug-likeness (QED) is 0.516. The van der Waals surface area contributed by atoms with Crippen LogP contribution in [0.1, 0.15) is 48.2 Å². The Bertz CT molecular complexity index is 1150. The lowest BCUT2D eigenvalue weighted by molar-refractivity contribution is 0.0526. The summed E-state index contributed by atoms with van der Waals surface area (Å²) in [5.41, 5.74) is 1.68. The molecule has 0 saturated heterocycles. The number of unbranched alkanes of at least 4 members (excludes halogenated alkanes) is 1. The Morgan fingerprint density at radius 2 is 1.79 bits per heavy atom. The van der Waals surface area contributed by atoms with Gasteiger partial charge < -0.3 is 4.74 Å². The summed E-state index contributed by atoms with van der Waals surface area (Å²) < 4.78 is 47.6. The van der Waals surface area contributed by atoms with E-state index in [1.165, 1.54) is 30.3 Å². The van der Waals surface area contributed by atoms with Crippen molar-refractivity contribution in [3.05, 3.63) is 65.1 Å². The van der Waals surface area contributed by atoms with Gasteiger partial charge in [0.1, 0.15) is 0 Å².